The molecule has 10 aromatic rings. The third kappa shape index (κ3) is 4.82. The van der Waals surface area contributed by atoms with Gasteiger partial charge in [-0.2, -0.15) is 0 Å². The van der Waals surface area contributed by atoms with Crippen molar-refractivity contribution in [2.45, 2.75) is 0 Å². The first kappa shape index (κ1) is 18.2. The van der Waals surface area contributed by atoms with Crippen molar-refractivity contribution in [1.82, 2.24) is 0 Å². The van der Waals surface area contributed by atoms with Crippen LogP contribution in [0.3, 0.4) is 0 Å². The van der Waals surface area contributed by atoms with Crippen LogP contribution in [0.1, 0.15) is 19.2 Å². The molecule has 3 nitrogen and oxygen atoms in total. The van der Waals surface area contributed by atoms with Gasteiger partial charge in [-0.1, -0.05) is 139 Å². The Hall–Kier alpha value is -6.84. The van der Waals surface area contributed by atoms with E-state index in [0.717, 1.165) is 37.9 Å². The summed E-state index contributed by atoms with van der Waals surface area (Å²) in [7, 11) is 0. The first-order chi connectivity index (χ1) is 31.1. The molecule has 0 atom stereocenters. The Labute approximate surface area is 314 Å². The molecule has 0 bridgehead atoms. The minimum atomic E-state index is -0.796. The van der Waals surface area contributed by atoms with E-state index in [-0.39, 0.29) is 11.3 Å². The highest BCUT2D eigenvalue weighted by Crippen LogP contribution is 2.48. The van der Waals surface area contributed by atoms with E-state index in [1.54, 1.807) is 36.4 Å². The summed E-state index contributed by atoms with van der Waals surface area (Å²) >= 11 is 0. The lowest BCUT2D eigenvalue weighted by Crippen LogP contribution is -2.10. The number of anilines is 3. The van der Waals surface area contributed by atoms with E-state index in [9.17, 15) is 8.22 Å². The molecule has 0 saturated carbocycles. The van der Waals surface area contributed by atoms with Crippen LogP contribution in [0.5, 0.6) is 0 Å². The largest absolute Gasteiger partial charge is 0.455 e. The molecule has 51 heavy (non-hydrogen) atoms. The van der Waals surface area contributed by atoms with E-state index in [1.165, 1.54) is 0 Å². The highest BCUT2D eigenvalue weighted by Gasteiger charge is 2.24. The maximum Gasteiger partial charge on any atom is 0.145 e. The molecule has 0 aliphatic carbocycles. The number of furan rings is 2. The summed E-state index contributed by atoms with van der Waals surface area (Å²) < 4.78 is 137. The molecule has 0 spiro atoms. The van der Waals surface area contributed by atoms with Gasteiger partial charge in [0.05, 0.1) is 30.3 Å². The van der Waals surface area contributed by atoms with Crippen molar-refractivity contribution >= 4 is 60.9 Å². The molecule has 3 heteroatoms. The SMILES string of the molecule is [2H]c1c([2H])c([2H])c(-c2c([2H])c([2H])c(N(c3c([2H])c([2H])c([2H])c([2H])c3[2H])c3ccc(-c4ccccc4-c4cccc5c4oc4ccccc45)c4oc5ccccc5c34)c([2H])c2[2H])c([2H])c1[2H]. The van der Waals surface area contributed by atoms with Crippen molar-refractivity contribution in [2.24, 2.45) is 0 Å². The molecule has 10 rings (SSSR count). The Bertz CT molecular complexity index is 3600. The molecule has 0 radical (unpaired) electrons. The van der Waals surface area contributed by atoms with E-state index in [4.69, 9.17) is 19.8 Å². The molecule has 0 aliphatic heterocycles. The third-order valence-electron chi connectivity index (χ3n) is 8.95. The van der Waals surface area contributed by atoms with Crippen LogP contribution in [0.15, 0.2) is 197 Å². The average Bonchev–Trinajstić information content (AvgIpc) is 3.91. The maximum atomic E-state index is 9.50. The van der Waals surface area contributed by atoms with Gasteiger partial charge >= 0.3 is 0 Å². The van der Waals surface area contributed by atoms with Crippen LogP contribution in [0.4, 0.5) is 17.1 Å². The van der Waals surface area contributed by atoms with Gasteiger partial charge < -0.3 is 13.7 Å². The van der Waals surface area contributed by atoms with Gasteiger partial charge in [-0.15, -0.1) is 0 Å². The van der Waals surface area contributed by atoms with E-state index >= 15 is 0 Å². The number of para-hydroxylation sites is 4. The van der Waals surface area contributed by atoms with Crippen molar-refractivity contribution in [3.63, 3.8) is 0 Å². The quantitative estimate of drug-likeness (QED) is 0.177. The number of hydrogen-bond donors (Lipinski definition) is 0. The summed E-state index contributed by atoms with van der Waals surface area (Å²) in [6.45, 7) is 0. The van der Waals surface area contributed by atoms with E-state index < -0.39 is 107 Å². The van der Waals surface area contributed by atoms with Crippen molar-refractivity contribution in [3.8, 4) is 33.4 Å². The Morgan fingerprint density at radius 2 is 0.922 bits per heavy atom. The van der Waals surface area contributed by atoms with Gasteiger partial charge in [0.15, 0.2) is 0 Å². The minimum absolute atomic E-state index is 0.0699. The van der Waals surface area contributed by atoms with Crippen molar-refractivity contribution in [3.05, 3.63) is 188 Å². The monoisotopic (exact) mass is 667 g/mol. The fourth-order valence-corrected chi connectivity index (χ4v) is 6.75. The van der Waals surface area contributed by atoms with Crippen molar-refractivity contribution in [2.75, 3.05) is 4.90 Å². The van der Waals surface area contributed by atoms with Gasteiger partial charge in [0.1, 0.15) is 22.3 Å². The average molecular weight is 668 g/mol. The van der Waals surface area contributed by atoms with Crippen LogP contribution in [0.25, 0.3) is 77.3 Å². The van der Waals surface area contributed by atoms with Crippen LogP contribution in [0, 0.1) is 0 Å². The van der Waals surface area contributed by atoms with Gasteiger partial charge in [0.25, 0.3) is 0 Å². The van der Waals surface area contributed by atoms with Gasteiger partial charge in [0, 0.05) is 38.7 Å². The van der Waals surface area contributed by atoms with Crippen LogP contribution >= 0.6 is 0 Å². The lowest BCUT2D eigenvalue weighted by molar-refractivity contribution is 0.669. The molecule has 2 heterocycles. The number of nitrogens with zero attached hydrogens (tertiary/aromatic N) is 1. The predicted octanol–water partition coefficient (Wildman–Crippen LogP) is 14.0. The smallest absolute Gasteiger partial charge is 0.145 e. The summed E-state index contributed by atoms with van der Waals surface area (Å²) in [5.74, 6) is 0. The zero-order valence-electron chi connectivity index (χ0n) is 40.6. The summed E-state index contributed by atoms with van der Waals surface area (Å²) in [6, 6.07) is 21.3. The molecular weight excluding hydrogens is 623 g/mol. The Balaban J connectivity index is 1.30. The maximum absolute atomic E-state index is 9.50. The third-order valence-corrected chi connectivity index (χ3v) is 8.95. The zero-order valence-corrected chi connectivity index (χ0v) is 26.6. The minimum Gasteiger partial charge on any atom is -0.455 e. The van der Waals surface area contributed by atoms with Gasteiger partial charge in [-0.3, -0.25) is 0 Å². The van der Waals surface area contributed by atoms with Crippen LogP contribution in [-0.2, 0) is 0 Å². The lowest BCUT2D eigenvalue weighted by atomic mass is 9.92. The molecule has 8 aromatic carbocycles. The molecule has 240 valence electrons. The first-order valence-electron chi connectivity index (χ1n) is 23.1. The molecule has 0 N–H and O–H groups in total. The van der Waals surface area contributed by atoms with Crippen LogP contribution in [0.2, 0.25) is 0 Å². The number of fused-ring (bicyclic) bond motifs is 6. The number of hydrogen-bond acceptors (Lipinski definition) is 3. The van der Waals surface area contributed by atoms with Crippen LogP contribution in [-0.4, -0.2) is 0 Å². The Kier molecular flexibility index (Phi) is 4.27. The van der Waals surface area contributed by atoms with E-state index in [0.29, 0.717) is 27.5 Å². The fourth-order valence-electron chi connectivity index (χ4n) is 6.75. The highest BCUT2D eigenvalue weighted by atomic mass is 16.3. The first-order valence-corrected chi connectivity index (χ1v) is 16.1. The van der Waals surface area contributed by atoms with Gasteiger partial charge in [-0.05, 0) is 70.7 Å². The molecule has 0 amide bonds. The summed E-state index contributed by atoms with van der Waals surface area (Å²) in [6.07, 6.45) is 0. The summed E-state index contributed by atoms with van der Waals surface area (Å²) in [5.41, 5.74) is 2.88. The molecule has 0 aliphatic rings. The topological polar surface area (TPSA) is 29.5 Å². The molecule has 2 aromatic heterocycles. The normalized spacial score (nSPS) is 15.4. The zero-order chi connectivity index (χ0) is 45.9. The highest BCUT2D eigenvalue weighted by molar-refractivity contribution is 6.18. The standard InChI is InChI=1S/C48H31NO2/c1-3-14-32(15-4-1)33-26-28-35(29-27-33)49(34-16-5-2-6-17-34)43-31-30-41(48-46(43)42-21-10-12-25-45(42)51-48)37-19-8-7-18-36(37)39-22-13-23-40-38-20-9-11-24-44(38)50-47(39)40/h1-31H/i1D,2D,3D,4D,5D,6D,14D,15D,16D,17D,26D,27D,28D,29D. The Morgan fingerprint density at radius 3 is 1.67 bits per heavy atom. The molecular formula is C48H31NO2. The molecule has 0 unspecified atom stereocenters. The molecule has 0 fully saturated rings. The number of rotatable bonds is 6. The van der Waals surface area contributed by atoms with E-state index in [2.05, 4.69) is 0 Å². The second-order valence-electron chi connectivity index (χ2n) is 11.8. The van der Waals surface area contributed by atoms with Crippen molar-refractivity contribution < 1.29 is 28.0 Å². The van der Waals surface area contributed by atoms with Crippen molar-refractivity contribution in [1.29, 1.82) is 0 Å². The van der Waals surface area contributed by atoms with Crippen LogP contribution < -0.4 is 4.90 Å². The van der Waals surface area contributed by atoms with E-state index in [1.807, 2.05) is 66.7 Å². The second kappa shape index (κ2) is 11.9. The fraction of sp³-hybridized carbons (Fsp3) is 0. The molecule has 0 saturated heterocycles. The Morgan fingerprint density at radius 1 is 0.392 bits per heavy atom. The van der Waals surface area contributed by atoms with Gasteiger partial charge in [0.2, 0.25) is 0 Å². The lowest BCUT2D eigenvalue weighted by Gasteiger charge is -2.27. The summed E-state index contributed by atoms with van der Waals surface area (Å²) in [5, 5.41) is 2.73. The predicted molar refractivity (Wildman–Crippen MR) is 212 cm³/mol. The second-order valence-corrected chi connectivity index (χ2v) is 11.8. The number of benzene rings is 8. The van der Waals surface area contributed by atoms with Gasteiger partial charge in [-0.25, -0.2) is 0 Å². The summed E-state index contributed by atoms with van der Waals surface area (Å²) in [4.78, 5) is 1.10.